The molecule has 0 saturated carbocycles. The van der Waals surface area contributed by atoms with Gasteiger partial charge in [0, 0.05) is 6.54 Å². The topological polar surface area (TPSA) is 55.1 Å². The lowest BCUT2D eigenvalue weighted by Crippen LogP contribution is -2.45. The van der Waals surface area contributed by atoms with Gasteiger partial charge in [0.15, 0.2) is 0 Å². The van der Waals surface area contributed by atoms with E-state index in [1.807, 2.05) is 19.9 Å². The molecule has 3 N–H and O–H groups in total. The van der Waals surface area contributed by atoms with Crippen LogP contribution in [0.15, 0.2) is 24.3 Å². The van der Waals surface area contributed by atoms with E-state index in [1.54, 1.807) is 6.07 Å². The summed E-state index contributed by atoms with van der Waals surface area (Å²) >= 11 is 0. The largest absolute Gasteiger partial charge is 0.354 e. The Morgan fingerprint density at radius 3 is 2.83 bits per heavy atom. The third-order valence-electron chi connectivity index (χ3n) is 3.16. The van der Waals surface area contributed by atoms with Crippen molar-refractivity contribution < 1.29 is 9.18 Å². The molecule has 0 aliphatic heterocycles. The van der Waals surface area contributed by atoms with Crippen molar-refractivity contribution in [3.8, 4) is 0 Å². The predicted octanol–water partition coefficient (Wildman–Crippen LogP) is 1.86. The molecule has 0 spiro atoms. The minimum atomic E-state index is -0.470. The van der Waals surface area contributed by atoms with Gasteiger partial charge >= 0.3 is 0 Å². The molecule has 0 bridgehead atoms. The van der Waals surface area contributed by atoms with Crippen LogP contribution in [0.1, 0.15) is 25.8 Å². The normalized spacial score (nSPS) is 14.0. The zero-order valence-corrected chi connectivity index (χ0v) is 10.9. The molecule has 0 saturated heterocycles. The van der Waals surface area contributed by atoms with Crippen molar-refractivity contribution in [3.05, 3.63) is 35.6 Å². The van der Waals surface area contributed by atoms with Crippen molar-refractivity contribution in [2.45, 2.75) is 32.7 Å². The molecule has 1 aromatic carbocycles. The van der Waals surface area contributed by atoms with Gasteiger partial charge in [-0.1, -0.05) is 32.4 Å². The van der Waals surface area contributed by atoms with Crippen molar-refractivity contribution >= 4 is 5.91 Å². The molecule has 1 aromatic rings. The van der Waals surface area contributed by atoms with Crippen LogP contribution in [-0.2, 0) is 11.2 Å². The molecule has 0 aliphatic carbocycles. The molecular formula is C14H21FN2O. The summed E-state index contributed by atoms with van der Waals surface area (Å²) in [7, 11) is 0. The van der Waals surface area contributed by atoms with Gasteiger partial charge in [-0.15, -0.1) is 0 Å². The molecular weight excluding hydrogens is 231 g/mol. The first kappa shape index (κ1) is 14.6. The van der Waals surface area contributed by atoms with Gasteiger partial charge in [-0.25, -0.2) is 4.39 Å². The van der Waals surface area contributed by atoms with Crippen molar-refractivity contribution in [1.82, 2.24) is 5.32 Å². The summed E-state index contributed by atoms with van der Waals surface area (Å²) in [6.45, 7) is 4.44. The van der Waals surface area contributed by atoms with Crippen LogP contribution in [0.5, 0.6) is 0 Å². The Kier molecular flexibility index (Phi) is 5.78. The maximum atomic E-state index is 12.9. The van der Waals surface area contributed by atoms with E-state index in [-0.39, 0.29) is 17.6 Å². The summed E-state index contributed by atoms with van der Waals surface area (Å²) < 4.78 is 12.9. The number of benzene rings is 1. The van der Waals surface area contributed by atoms with Crippen LogP contribution in [0.3, 0.4) is 0 Å². The number of halogens is 1. The molecule has 1 amide bonds. The first-order valence-electron chi connectivity index (χ1n) is 6.32. The van der Waals surface area contributed by atoms with E-state index in [9.17, 15) is 9.18 Å². The molecule has 0 heterocycles. The number of rotatable bonds is 6. The molecule has 2 atom stereocenters. The van der Waals surface area contributed by atoms with Gasteiger partial charge in [0.25, 0.3) is 0 Å². The summed E-state index contributed by atoms with van der Waals surface area (Å²) in [6, 6.07) is 5.91. The highest BCUT2D eigenvalue weighted by Crippen LogP contribution is 2.06. The van der Waals surface area contributed by atoms with Crippen molar-refractivity contribution in [3.63, 3.8) is 0 Å². The van der Waals surface area contributed by atoms with E-state index in [0.29, 0.717) is 13.0 Å². The molecule has 0 radical (unpaired) electrons. The highest BCUT2D eigenvalue weighted by molar-refractivity contribution is 5.81. The molecule has 18 heavy (non-hydrogen) atoms. The number of carbonyl (C=O) groups excluding carboxylic acids is 1. The Balaban J connectivity index is 2.36. The van der Waals surface area contributed by atoms with Crippen molar-refractivity contribution in [2.24, 2.45) is 11.7 Å². The summed E-state index contributed by atoms with van der Waals surface area (Å²) in [5.74, 6) is -0.227. The second kappa shape index (κ2) is 7.11. The summed E-state index contributed by atoms with van der Waals surface area (Å²) in [4.78, 5) is 11.7. The van der Waals surface area contributed by atoms with Crippen LogP contribution in [0.2, 0.25) is 0 Å². The van der Waals surface area contributed by atoms with E-state index in [2.05, 4.69) is 5.32 Å². The number of hydrogen-bond acceptors (Lipinski definition) is 2. The Morgan fingerprint density at radius 2 is 2.22 bits per heavy atom. The first-order valence-corrected chi connectivity index (χ1v) is 6.32. The third kappa shape index (κ3) is 4.45. The predicted molar refractivity (Wildman–Crippen MR) is 70.5 cm³/mol. The molecule has 2 unspecified atom stereocenters. The Morgan fingerprint density at radius 1 is 1.50 bits per heavy atom. The van der Waals surface area contributed by atoms with Crippen LogP contribution in [0.25, 0.3) is 0 Å². The SMILES string of the molecule is CCC(C)C(N)C(=O)NCCc1cccc(F)c1. The maximum Gasteiger partial charge on any atom is 0.237 e. The van der Waals surface area contributed by atoms with Crippen LogP contribution in [0.4, 0.5) is 4.39 Å². The Hall–Kier alpha value is -1.42. The number of carbonyl (C=O) groups is 1. The zero-order chi connectivity index (χ0) is 13.5. The molecule has 1 rings (SSSR count). The molecule has 100 valence electrons. The fourth-order valence-corrected chi connectivity index (χ4v) is 1.65. The summed E-state index contributed by atoms with van der Waals surface area (Å²) in [5, 5.41) is 2.78. The average Bonchev–Trinajstić information content (AvgIpc) is 2.36. The smallest absolute Gasteiger partial charge is 0.237 e. The first-order chi connectivity index (χ1) is 8.54. The van der Waals surface area contributed by atoms with E-state index >= 15 is 0 Å². The van der Waals surface area contributed by atoms with E-state index < -0.39 is 6.04 Å². The van der Waals surface area contributed by atoms with Gasteiger partial charge in [-0.3, -0.25) is 4.79 Å². The average molecular weight is 252 g/mol. The minimum Gasteiger partial charge on any atom is -0.354 e. The standard InChI is InChI=1S/C14H21FN2O/c1-3-10(2)13(16)14(18)17-8-7-11-5-4-6-12(15)9-11/h4-6,9-10,13H,3,7-8,16H2,1-2H3,(H,17,18). The lowest BCUT2D eigenvalue weighted by Gasteiger charge is -2.17. The van der Waals surface area contributed by atoms with Crippen LogP contribution in [0, 0.1) is 11.7 Å². The van der Waals surface area contributed by atoms with E-state index in [1.165, 1.54) is 12.1 Å². The summed E-state index contributed by atoms with van der Waals surface area (Å²) in [5.41, 5.74) is 6.67. The monoisotopic (exact) mass is 252 g/mol. The van der Waals surface area contributed by atoms with Gasteiger partial charge in [-0.2, -0.15) is 0 Å². The summed E-state index contributed by atoms with van der Waals surface area (Å²) in [6.07, 6.45) is 1.48. The van der Waals surface area contributed by atoms with Crippen LogP contribution in [-0.4, -0.2) is 18.5 Å². The lowest BCUT2D eigenvalue weighted by atomic mass is 9.99. The third-order valence-corrected chi connectivity index (χ3v) is 3.16. The number of amides is 1. The molecule has 4 heteroatoms. The van der Waals surface area contributed by atoms with Gasteiger partial charge in [0.1, 0.15) is 5.82 Å². The lowest BCUT2D eigenvalue weighted by molar-refractivity contribution is -0.123. The highest BCUT2D eigenvalue weighted by atomic mass is 19.1. The zero-order valence-electron chi connectivity index (χ0n) is 10.9. The second-order valence-corrected chi connectivity index (χ2v) is 4.58. The van der Waals surface area contributed by atoms with Crippen molar-refractivity contribution in [1.29, 1.82) is 0 Å². The molecule has 0 aromatic heterocycles. The van der Waals surface area contributed by atoms with E-state index in [0.717, 1.165) is 12.0 Å². The van der Waals surface area contributed by atoms with Gasteiger partial charge in [0.2, 0.25) is 5.91 Å². The molecule has 0 aliphatic rings. The van der Waals surface area contributed by atoms with Gasteiger partial charge in [0.05, 0.1) is 6.04 Å². The van der Waals surface area contributed by atoms with Gasteiger partial charge < -0.3 is 11.1 Å². The maximum absolute atomic E-state index is 12.9. The van der Waals surface area contributed by atoms with Crippen LogP contribution < -0.4 is 11.1 Å². The fourth-order valence-electron chi connectivity index (χ4n) is 1.65. The second-order valence-electron chi connectivity index (χ2n) is 4.58. The highest BCUT2D eigenvalue weighted by Gasteiger charge is 2.18. The molecule has 3 nitrogen and oxygen atoms in total. The number of hydrogen-bond donors (Lipinski definition) is 2. The quantitative estimate of drug-likeness (QED) is 0.812. The Labute approximate surface area is 108 Å². The Bertz CT molecular complexity index is 395. The van der Waals surface area contributed by atoms with Gasteiger partial charge in [-0.05, 0) is 30.0 Å². The van der Waals surface area contributed by atoms with Crippen LogP contribution >= 0.6 is 0 Å². The van der Waals surface area contributed by atoms with Crippen molar-refractivity contribution in [2.75, 3.05) is 6.54 Å². The number of nitrogens with two attached hydrogens (primary N) is 1. The number of nitrogens with one attached hydrogen (secondary N) is 1. The molecule has 0 fully saturated rings. The minimum absolute atomic E-state index is 0.138. The fraction of sp³-hybridized carbons (Fsp3) is 0.500. The van der Waals surface area contributed by atoms with E-state index in [4.69, 9.17) is 5.73 Å².